The highest BCUT2D eigenvalue weighted by atomic mass is 16.5. The van der Waals surface area contributed by atoms with Gasteiger partial charge in [-0.05, 0) is 30.3 Å². The smallest absolute Gasteiger partial charge is 0.161 e. The van der Waals surface area contributed by atoms with Crippen LogP contribution < -0.4 is 10.1 Å². The standard InChI is InChI=1S/C17H21NO4/c1-18-10-15(20)17(21)13-7-8-14(19)16(9-13)22-11-12-5-3-2-4-6-12/h2-9,15,17-21H,10-11H2,1H3. The molecule has 2 aromatic rings. The van der Waals surface area contributed by atoms with Crippen LogP contribution >= 0.6 is 0 Å². The van der Waals surface area contributed by atoms with Gasteiger partial charge >= 0.3 is 0 Å². The molecule has 2 aromatic carbocycles. The number of rotatable bonds is 7. The van der Waals surface area contributed by atoms with E-state index in [0.717, 1.165) is 5.56 Å². The molecule has 0 aliphatic carbocycles. The first-order valence-electron chi connectivity index (χ1n) is 7.12. The van der Waals surface area contributed by atoms with Crippen molar-refractivity contribution >= 4 is 0 Å². The van der Waals surface area contributed by atoms with E-state index in [1.807, 2.05) is 30.3 Å². The Hall–Kier alpha value is -2.08. The van der Waals surface area contributed by atoms with E-state index in [0.29, 0.717) is 12.2 Å². The van der Waals surface area contributed by atoms with Gasteiger partial charge in [0.25, 0.3) is 0 Å². The van der Waals surface area contributed by atoms with Gasteiger partial charge < -0.3 is 25.4 Å². The zero-order valence-electron chi connectivity index (χ0n) is 12.4. The lowest BCUT2D eigenvalue weighted by molar-refractivity contribution is 0.0200. The fraction of sp³-hybridized carbons (Fsp3) is 0.294. The van der Waals surface area contributed by atoms with Crippen LogP contribution in [0.1, 0.15) is 17.2 Å². The molecule has 0 aromatic heterocycles. The number of benzene rings is 2. The molecule has 0 aliphatic rings. The van der Waals surface area contributed by atoms with E-state index >= 15 is 0 Å². The van der Waals surface area contributed by atoms with Gasteiger partial charge in [0.05, 0.1) is 6.10 Å². The first-order chi connectivity index (χ1) is 10.6. The number of phenols is 1. The van der Waals surface area contributed by atoms with Crippen LogP contribution in [0.3, 0.4) is 0 Å². The monoisotopic (exact) mass is 303 g/mol. The third-order valence-electron chi connectivity index (χ3n) is 3.34. The molecule has 0 saturated carbocycles. The molecule has 2 unspecified atom stereocenters. The van der Waals surface area contributed by atoms with Crippen molar-refractivity contribution in [2.24, 2.45) is 0 Å². The van der Waals surface area contributed by atoms with Crippen LogP contribution in [0.15, 0.2) is 48.5 Å². The van der Waals surface area contributed by atoms with Gasteiger partial charge in [-0.15, -0.1) is 0 Å². The SMILES string of the molecule is CNCC(O)C(O)c1ccc(O)c(OCc2ccccc2)c1. The molecule has 2 rings (SSSR count). The first kappa shape index (κ1) is 16.3. The molecule has 5 heteroatoms. The molecule has 0 amide bonds. The molecular formula is C17H21NO4. The van der Waals surface area contributed by atoms with E-state index in [4.69, 9.17) is 4.74 Å². The topological polar surface area (TPSA) is 82.0 Å². The lowest BCUT2D eigenvalue weighted by atomic mass is 10.0. The Morgan fingerprint density at radius 2 is 1.82 bits per heavy atom. The van der Waals surface area contributed by atoms with Crippen molar-refractivity contribution in [1.29, 1.82) is 0 Å². The second-order valence-corrected chi connectivity index (χ2v) is 5.07. The summed E-state index contributed by atoms with van der Waals surface area (Å²) in [5, 5.41) is 32.6. The van der Waals surface area contributed by atoms with Crippen molar-refractivity contribution in [3.8, 4) is 11.5 Å². The minimum atomic E-state index is -1.05. The fourth-order valence-corrected chi connectivity index (χ4v) is 2.11. The average molecular weight is 303 g/mol. The Labute approximate surface area is 129 Å². The first-order valence-corrected chi connectivity index (χ1v) is 7.12. The van der Waals surface area contributed by atoms with Gasteiger partial charge in [-0.25, -0.2) is 0 Å². The number of aliphatic hydroxyl groups excluding tert-OH is 2. The van der Waals surface area contributed by atoms with Crippen LogP contribution in [-0.4, -0.2) is 35.0 Å². The fourth-order valence-electron chi connectivity index (χ4n) is 2.11. The highest BCUT2D eigenvalue weighted by Crippen LogP contribution is 2.31. The van der Waals surface area contributed by atoms with Crippen molar-refractivity contribution < 1.29 is 20.1 Å². The van der Waals surface area contributed by atoms with Crippen LogP contribution in [-0.2, 0) is 6.61 Å². The van der Waals surface area contributed by atoms with E-state index in [9.17, 15) is 15.3 Å². The Bertz CT molecular complexity index is 588. The summed E-state index contributed by atoms with van der Waals surface area (Å²) in [6, 6.07) is 14.1. The summed E-state index contributed by atoms with van der Waals surface area (Å²) in [6.07, 6.45) is -1.98. The average Bonchev–Trinajstić information content (AvgIpc) is 2.54. The van der Waals surface area contributed by atoms with Gasteiger partial charge in [-0.2, -0.15) is 0 Å². The maximum absolute atomic E-state index is 10.1. The van der Waals surface area contributed by atoms with Gasteiger partial charge in [0.15, 0.2) is 11.5 Å². The largest absolute Gasteiger partial charge is 0.504 e. The summed E-state index contributed by atoms with van der Waals surface area (Å²) < 4.78 is 5.60. The lowest BCUT2D eigenvalue weighted by Crippen LogP contribution is -2.29. The minimum Gasteiger partial charge on any atom is -0.504 e. The predicted molar refractivity (Wildman–Crippen MR) is 83.8 cm³/mol. The zero-order chi connectivity index (χ0) is 15.9. The number of ether oxygens (including phenoxy) is 1. The van der Waals surface area contributed by atoms with Gasteiger partial charge in [0.2, 0.25) is 0 Å². The molecular weight excluding hydrogens is 282 g/mol. The molecule has 118 valence electrons. The number of hydrogen-bond donors (Lipinski definition) is 4. The normalized spacial score (nSPS) is 13.6. The summed E-state index contributed by atoms with van der Waals surface area (Å²) in [5.74, 6) is 0.270. The van der Waals surface area contributed by atoms with Crippen molar-refractivity contribution in [3.05, 3.63) is 59.7 Å². The van der Waals surface area contributed by atoms with Crippen molar-refractivity contribution in [2.75, 3.05) is 13.6 Å². The quantitative estimate of drug-likeness (QED) is 0.624. The molecule has 0 heterocycles. The Balaban J connectivity index is 2.09. The van der Waals surface area contributed by atoms with E-state index in [1.54, 1.807) is 19.2 Å². The molecule has 5 nitrogen and oxygen atoms in total. The predicted octanol–water partition coefficient (Wildman–Crippen LogP) is 1.58. The number of phenolic OH excluding ortho intramolecular Hbond substituents is 1. The molecule has 2 atom stereocenters. The molecule has 0 radical (unpaired) electrons. The van der Waals surface area contributed by atoms with Crippen molar-refractivity contribution in [1.82, 2.24) is 5.32 Å². The van der Waals surface area contributed by atoms with E-state index < -0.39 is 12.2 Å². The summed E-state index contributed by atoms with van der Waals surface area (Å²) >= 11 is 0. The van der Waals surface area contributed by atoms with Crippen LogP contribution in [0.2, 0.25) is 0 Å². The van der Waals surface area contributed by atoms with E-state index in [2.05, 4.69) is 5.32 Å². The molecule has 0 bridgehead atoms. The maximum Gasteiger partial charge on any atom is 0.161 e. The third-order valence-corrected chi connectivity index (χ3v) is 3.34. The molecule has 22 heavy (non-hydrogen) atoms. The van der Waals surface area contributed by atoms with Crippen molar-refractivity contribution in [2.45, 2.75) is 18.8 Å². The van der Waals surface area contributed by atoms with E-state index in [-0.39, 0.29) is 18.0 Å². The minimum absolute atomic E-state index is 0.00464. The second-order valence-electron chi connectivity index (χ2n) is 5.07. The van der Waals surface area contributed by atoms with Crippen molar-refractivity contribution in [3.63, 3.8) is 0 Å². The van der Waals surface area contributed by atoms with Crippen LogP contribution in [0.5, 0.6) is 11.5 Å². The highest BCUT2D eigenvalue weighted by molar-refractivity contribution is 5.42. The molecule has 0 saturated heterocycles. The lowest BCUT2D eigenvalue weighted by Gasteiger charge is -2.19. The Morgan fingerprint density at radius 1 is 1.09 bits per heavy atom. The number of aromatic hydroxyl groups is 1. The molecule has 0 spiro atoms. The van der Waals surface area contributed by atoms with Gasteiger partial charge in [-0.1, -0.05) is 36.4 Å². The Kier molecular flexibility index (Phi) is 5.77. The molecule has 4 N–H and O–H groups in total. The second kappa shape index (κ2) is 7.79. The number of likely N-dealkylation sites (N-methyl/N-ethyl adjacent to an activating group) is 1. The Morgan fingerprint density at radius 3 is 2.50 bits per heavy atom. The summed E-state index contributed by atoms with van der Waals surface area (Å²) in [7, 11) is 1.70. The van der Waals surface area contributed by atoms with Crippen LogP contribution in [0.4, 0.5) is 0 Å². The summed E-state index contributed by atoms with van der Waals surface area (Å²) in [5.41, 5.74) is 1.46. The number of aliphatic hydroxyl groups is 2. The van der Waals surface area contributed by atoms with E-state index in [1.165, 1.54) is 6.07 Å². The molecule has 0 aliphatic heterocycles. The van der Waals surface area contributed by atoms with Gasteiger partial charge in [0.1, 0.15) is 12.7 Å². The number of hydrogen-bond acceptors (Lipinski definition) is 5. The van der Waals surface area contributed by atoms with Crippen LogP contribution in [0, 0.1) is 0 Å². The van der Waals surface area contributed by atoms with Crippen LogP contribution in [0.25, 0.3) is 0 Å². The van der Waals surface area contributed by atoms with Gasteiger partial charge in [0, 0.05) is 6.54 Å². The molecule has 0 fully saturated rings. The summed E-state index contributed by atoms with van der Waals surface area (Å²) in [4.78, 5) is 0. The zero-order valence-corrected chi connectivity index (χ0v) is 12.4. The maximum atomic E-state index is 10.1. The number of nitrogens with one attached hydrogen (secondary N) is 1. The third kappa shape index (κ3) is 4.21. The highest BCUT2D eigenvalue weighted by Gasteiger charge is 2.19. The van der Waals surface area contributed by atoms with Gasteiger partial charge in [-0.3, -0.25) is 0 Å². The summed E-state index contributed by atoms with van der Waals surface area (Å²) in [6.45, 7) is 0.579.